The van der Waals surface area contributed by atoms with Crippen molar-refractivity contribution in [2.24, 2.45) is 5.73 Å². The fourth-order valence-electron chi connectivity index (χ4n) is 3.02. The van der Waals surface area contributed by atoms with E-state index in [2.05, 4.69) is 5.32 Å². The van der Waals surface area contributed by atoms with E-state index in [4.69, 9.17) is 15.2 Å². The number of aryl methyl sites for hydroxylation is 1. The van der Waals surface area contributed by atoms with Gasteiger partial charge in [0.1, 0.15) is 10.8 Å². The Morgan fingerprint density at radius 1 is 1.15 bits per heavy atom. The van der Waals surface area contributed by atoms with Gasteiger partial charge in [0.2, 0.25) is 0 Å². The Kier molecular flexibility index (Phi) is 5.75. The average molecular weight is 388 g/mol. The van der Waals surface area contributed by atoms with Gasteiger partial charge in [0, 0.05) is 4.88 Å². The standard InChI is InChI=1S/C19H20N2O5S/c1-25-12-8-6-11(7-9-12)19(24)26-10-15(22)21-18-16(17(20)23)13-4-2-3-5-14(13)27-18/h6-9H,2-5,10H2,1H3,(H2,20,23)(H,21,22). The predicted octanol–water partition coefficient (Wildman–Crippen LogP) is 2.53. The summed E-state index contributed by atoms with van der Waals surface area (Å²) in [6, 6.07) is 6.37. The molecule has 27 heavy (non-hydrogen) atoms. The van der Waals surface area contributed by atoms with E-state index in [1.165, 1.54) is 18.4 Å². The van der Waals surface area contributed by atoms with E-state index in [-0.39, 0.29) is 0 Å². The van der Waals surface area contributed by atoms with Crippen molar-refractivity contribution in [3.8, 4) is 5.75 Å². The van der Waals surface area contributed by atoms with Crippen LogP contribution in [0.2, 0.25) is 0 Å². The molecular weight excluding hydrogens is 368 g/mol. The molecule has 0 aliphatic heterocycles. The Labute approximate surface area is 160 Å². The molecule has 0 bridgehead atoms. The van der Waals surface area contributed by atoms with Crippen LogP contribution in [0.1, 0.15) is 44.0 Å². The number of anilines is 1. The zero-order chi connectivity index (χ0) is 19.4. The van der Waals surface area contributed by atoms with Gasteiger partial charge in [-0.3, -0.25) is 9.59 Å². The highest BCUT2D eigenvalue weighted by molar-refractivity contribution is 7.17. The fraction of sp³-hybridized carbons (Fsp3) is 0.316. The van der Waals surface area contributed by atoms with Crippen LogP contribution in [0.4, 0.5) is 5.00 Å². The highest BCUT2D eigenvalue weighted by Crippen LogP contribution is 2.37. The molecule has 3 rings (SSSR count). The maximum absolute atomic E-state index is 12.2. The Morgan fingerprint density at radius 3 is 2.52 bits per heavy atom. The van der Waals surface area contributed by atoms with E-state index in [0.717, 1.165) is 36.1 Å². The molecule has 0 saturated heterocycles. The number of ether oxygens (including phenoxy) is 2. The van der Waals surface area contributed by atoms with E-state index in [0.29, 0.717) is 21.9 Å². The third-order valence-electron chi connectivity index (χ3n) is 4.33. The van der Waals surface area contributed by atoms with Crippen molar-refractivity contribution in [1.29, 1.82) is 0 Å². The summed E-state index contributed by atoms with van der Waals surface area (Å²) in [5.41, 5.74) is 7.13. The number of primary amides is 1. The summed E-state index contributed by atoms with van der Waals surface area (Å²) in [5.74, 6) is -1.07. The zero-order valence-electron chi connectivity index (χ0n) is 14.9. The van der Waals surface area contributed by atoms with Gasteiger partial charge in [0.05, 0.1) is 18.2 Å². The van der Waals surface area contributed by atoms with E-state index in [9.17, 15) is 14.4 Å². The Hall–Kier alpha value is -2.87. The summed E-state index contributed by atoms with van der Waals surface area (Å²) in [5, 5.41) is 3.09. The summed E-state index contributed by atoms with van der Waals surface area (Å²) < 4.78 is 10.1. The van der Waals surface area contributed by atoms with Gasteiger partial charge < -0.3 is 20.5 Å². The second kappa shape index (κ2) is 8.22. The van der Waals surface area contributed by atoms with Crippen molar-refractivity contribution >= 4 is 34.1 Å². The molecule has 2 aromatic rings. The minimum absolute atomic E-state index is 0.313. The van der Waals surface area contributed by atoms with E-state index in [1.807, 2.05) is 0 Å². The third kappa shape index (κ3) is 4.28. The third-order valence-corrected chi connectivity index (χ3v) is 5.54. The van der Waals surface area contributed by atoms with Gasteiger partial charge in [-0.05, 0) is 55.5 Å². The fourth-order valence-corrected chi connectivity index (χ4v) is 4.33. The summed E-state index contributed by atoms with van der Waals surface area (Å²) in [4.78, 5) is 37.1. The zero-order valence-corrected chi connectivity index (χ0v) is 15.7. The largest absolute Gasteiger partial charge is 0.497 e. The number of methoxy groups -OCH3 is 1. The number of fused-ring (bicyclic) bond motifs is 1. The van der Waals surface area contributed by atoms with E-state index < -0.39 is 24.4 Å². The van der Waals surface area contributed by atoms with Crippen LogP contribution in [0.5, 0.6) is 5.75 Å². The Bertz CT molecular complexity index is 873. The number of nitrogens with two attached hydrogens (primary N) is 1. The summed E-state index contributed by atoms with van der Waals surface area (Å²) in [6.07, 6.45) is 3.71. The van der Waals surface area contributed by atoms with E-state index >= 15 is 0 Å². The number of thiophene rings is 1. The van der Waals surface area contributed by atoms with Crippen molar-refractivity contribution < 1.29 is 23.9 Å². The molecule has 142 valence electrons. The number of carbonyl (C=O) groups is 3. The smallest absolute Gasteiger partial charge is 0.338 e. The highest BCUT2D eigenvalue weighted by Gasteiger charge is 2.25. The van der Waals surface area contributed by atoms with Crippen LogP contribution in [0.25, 0.3) is 0 Å². The molecule has 0 spiro atoms. The monoisotopic (exact) mass is 388 g/mol. The number of carbonyl (C=O) groups excluding carboxylic acids is 3. The molecule has 1 aliphatic carbocycles. The maximum atomic E-state index is 12.2. The molecule has 1 heterocycles. The topological polar surface area (TPSA) is 108 Å². The van der Waals surface area contributed by atoms with Crippen LogP contribution in [-0.4, -0.2) is 31.5 Å². The molecule has 1 aromatic heterocycles. The van der Waals surface area contributed by atoms with Gasteiger partial charge in [0.25, 0.3) is 11.8 Å². The first-order valence-corrected chi connectivity index (χ1v) is 9.36. The molecule has 0 atom stereocenters. The molecule has 8 heteroatoms. The number of hydrogen-bond acceptors (Lipinski definition) is 6. The van der Waals surface area contributed by atoms with Crippen LogP contribution < -0.4 is 15.8 Å². The van der Waals surface area contributed by atoms with Crippen molar-refractivity contribution in [3.63, 3.8) is 0 Å². The van der Waals surface area contributed by atoms with E-state index in [1.54, 1.807) is 24.3 Å². The lowest BCUT2D eigenvalue weighted by Gasteiger charge is -2.11. The van der Waals surface area contributed by atoms with Gasteiger partial charge in [0.15, 0.2) is 6.61 Å². The van der Waals surface area contributed by atoms with Gasteiger partial charge in [-0.2, -0.15) is 0 Å². The SMILES string of the molecule is COc1ccc(C(=O)OCC(=O)Nc2sc3c(c2C(N)=O)CCCC3)cc1. The molecule has 2 amide bonds. The van der Waals surface area contributed by atoms with Crippen molar-refractivity contribution in [1.82, 2.24) is 0 Å². The van der Waals surface area contributed by atoms with Gasteiger partial charge >= 0.3 is 5.97 Å². The number of amides is 2. The second-order valence-electron chi connectivity index (χ2n) is 6.13. The lowest BCUT2D eigenvalue weighted by Crippen LogP contribution is -2.23. The van der Waals surface area contributed by atoms with Crippen LogP contribution in [0.15, 0.2) is 24.3 Å². The Morgan fingerprint density at radius 2 is 1.85 bits per heavy atom. The van der Waals surface area contributed by atoms with Crippen molar-refractivity contribution in [3.05, 3.63) is 45.8 Å². The molecule has 0 unspecified atom stereocenters. The van der Waals surface area contributed by atoms with Crippen molar-refractivity contribution in [2.75, 3.05) is 19.0 Å². The molecule has 1 aliphatic rings. The first-order chi connectivity index (χ1) is 13.0. The molecule has 0 radical (unpaired) electrons. The minimum atomic E-state index is -0.617. The predicted molar refractivity (Wildman–Crippen MR) is 101 cm³/mol. The quantitative estimate of drug-likeness (QED) is 0.740. The summed E-state index contributed by atoms with van der Waals surface area (Å²) >= 11 is 1.37. The minimum Gasteiger partial charge on any atom is -0.497 e. The van der Waals surface area contributed by atoms with Crippen LogP contribution >= 0.6 is 11.3 Å². The van der Waals surface area contributed by atoms with Gasteiger partial charge in [-0.25, -0.2) is 4.79 Å². The van der Waals surface area contributed by atoms with Crippen molar-refractivity contribution in [2.45, 2.75) is 25.7 Å². The number of hydrogen-bond donors (Lipinski definition) is 2. The molecule has 0 fully saturated rings. The van der Waals surface area contributed by atoms with Crippen LogP contribution in [-0.2, 0) is 22.4 Å². The van der Waals surface area contributed by atoms with Crippen LogP contribution in [0.3, 0.4) is 0 Å². The lowest BCUT2D eigenvalue weighted by molar-refractivity contribution is -0.119. The first-order valence-electron chi connectivity index (χ1n) is 8.55. The number of nitrogens with one attached hydrogen (secondary N) is 1. The summed E-state index contributed by atoms with van der Waals surface area (Å²) in [6.45, 7) is -0.453. The molecule has 3 N–H and O–H groups in total. The van der Waals surface area contributed by atoms with Gasteiger partial charge in [-0.1, -0.05) is 0 Å². The maximum Gasteiger partial charge on any atom is 0.338 e. The number of benzene rings is 1. The number of rotatable bonds is 6. The average Bonchev–Trinajstić information content (AvgIpc) is 3.04. The molecule has 0 saturated carbocycles. The van der Waals surface area contributed by atoms with Gasteiger partial charge in [-0.15, -0.1) is 11.3 Å². The second-order valence-corrected chi connectivity index (χ2v) is 7.24. The Balaban J connectivity index is 1.63. The first kappa shape index (κ1) is 18.9. The highest BCUT2D eigenvalue weighted by atomic mass is 32.1. The molecular formula is C19H20N2O5S. The van der Waals surface area contributed by atoms with Crippen LogP contribution in [0, 0.1) is 0 Å². The summed E-state index contributed by atoms with van der Waals surface area (Å²) in [7, 11) is 1.53. The molecule has 7 nitrogen and oxygen atoms in total. The normalized spacial score (nSPS) is 12.8. The number of esters is 1. The molecule has 1 aromatic carbocycles. The lowest BCUT2D eigenvalue weighted by atomic mass is 9.95.